The van der Waals surface area contributed by atoms with Gasteiger partial charge in [-0.2, -0.15) is 5.10 Å². The lowest BCUT2D eigenvalue weighted by Crippen LogP contribution is -2.51. The molecule has 9 nitrogen and oxygen atoms in total. The van der Waals surface area contributed by atoms with Crippen molar-refractivity contribution in [3.63, 3.8) is 0 Å². The largest absolute Gasteiger partial charge is 0.338 e. The van der Waals surface area contributed by atoms with E-state index >= 15 is 0 Å². The van der Waals surface area contributed by atoms with E-state index in [4.69, 9.17) is 4.84 Å². The first-order valence-electron chi connectivity index (χ1n) is 11.0. The van der Waals surface area contributed by atoms with E-state index < -0.39 is 11.2 Å². The van der Waals surface area contributed by atoms with Gasteiger partial charge in [0.15, 0.2) is 0 Å². The molecule has 1 saturated heterocycles. The van der Waals surface area contributed by atoms with E-state index in [-0.39, 0.29) is 17.4 Å². The molecule has 1 aromatic carbocycles. The van der Waals surface area contributed by atoms with Gasteiger partial charge in [0.05, 0.1) is 24.3 Å². The number of amides is 2. The summed E-state index contributed by atoms with van der Waals surface area (Å²) in [6, 6.07) is 12.1. The van der Waals surface area contributed by atoms with Crippen molar-refractivity contribution in [2.45, 2.75) is 26.2 Å². The number of pyridine rings is 1. The maximum Gasteiger partial charge on any atom is 0.256 e. The number of rotatable bonds is 7. The first kappa shape index (κ1) is 23.4. The van der Waals surface area contributed by atoms with Crippen LogP contribution in [0.15, 0.2) is 48.7 Å². The minimum Gasteiger partial charge on any atom is -0.338 e. The van der Waals surface area contributed by atoms with Gasteiger partial charge in [-0.25, -0.2) is 14.9 Å². The van der Waals surface area contributed by atoms with E-state index in [1.165, 1.54) is 13.2 Å². The van der Waals surface area contributed by atoms with Gasteiger partial charge >= 0.3 is 0 Å². The Morgan fingerprint density at radius 2 is 1.94 bits per heavy atom. The van der Waals surface area contributed by atoms with Crippen LogP contribution in [0.5, 0.6) is 0 Å². The summed E-state index contributed by atoms with van der Waals surface area (Å²) in [5.41, 5.74) is 2.83. The molecule has 0 bridgehead atoms. The fourth-order valence-corrected chi connectivity index (χ4v) is 4.26. The van der Waals surface area contributed by atoms with Crippen molar-refractivity contribution < 1.29 is 18.8 Å². The highest BCUT2D eigenvalue weighted by Crippen LogP contribution is 2.36. The van der Waals surface area contributed by atoms with Gasteiger partial charge in [0, 0.05) is 31.3 Å². The fraction of sp³-hybridized carbons (Fsp3) is 0.333. The Balaban J connectivity index is 1.51. The number of aromatic amines is 1. The zero-order chi connectivity index (χ0) is 24.1. The van der Waals surface area contributed by atoms with Gasteiger partial charge in [-0.05, 0) is 43.5 Å². The Morgan fingerprint density at radius 1 is 1.18 bits per heavy atom. The quantitative estimate of drug-likeness (QED) is 0.461. The number of hydrogen-bond donors (Lipinski definition) is 3. The van der Waals surface area contributed by atoms with Gasteiger partial charge < -0.3 is 10.2 Å². The van der Waals surface area contributed by atoms with Crippen molar-refractivity contribution in [3.8, 4) is 0 Å². The zero-order valence-corrected chi connectivity index (χ0v) is 19.1. The topological polar surface area (TPSA) is 112 Å². The molecule has 10 heteroatoms. The average molecular weight is 467 g/mol. The predicted octanol–water partition coefficient (Wildman–Crippen LogP) is 3.14. The van der Waals surface area contributed by atoms with E-state index in [1.54, 1.807) is 36.2 Å². The summed E-state index contributed by atoms with van der Waals surface area (Å²) in [4.78, 5) is 37.2. The van der Waals surface area contributed by atoms with Crippen molar-refractivity contribution in [2.24, 2.45) is 5.41 Å². The molecule has 3 heterocycles. The molecule has 0 radical (unpaired) electrons. The molecule has 3 aromatic rings. The van der Waals surface area contributed by atoms with Crippen LogP contribution in [-0.4, -0.2) is 52.1 Å². The molecule has 1 aliphatic heterocycles. The molecule has 34 heavy (non-hydrogen) atoms. The maximum atomic E-state index is 14.5. The Morgan fingerprint density at radius 3 is 2.65 bits per heavy atom. The van der Waals surface area contributed by atoms with E-state index in [2.05, 4.69) is 26.0 Å². The summed E-state index contributed by atoms with van der Waals surface area (Å²) in [6.45, 7) is 2.26. The van der Waals surface area contributed by atoms with Crippen LogP contribution in [0.4, 0.5) is 16.0 Å². The second-order valence-electron chi connectivity index (χ2n) is 8.43. The summed E-state index contributed by atoms with van der Waals surface area (Å²) in [7, 11) is 1.39. The number of nitrogens with one attached hydrogen (secondary N) is 3. The van der Waals surface area contributed by atoms with Gasteiger partial charge in [-0.15, -0.1) is 0 Å². The predicted molar refractivity (Wildman–Crippen MR) is 124 cm³/mol. The monoisotopic (exact) mass is 466 g/mol. The first-order valence-corrected chi connectivity index (χ1v) is 11.0. The van der Waals surface area contributed by atoms with E-state index in [0.29, 0.717) is 49.6 Å². The van der Waals surface area contributed by atoms with Crippen LogP contribution < -0.4 is 10.8 Å². The van der Waals surface area contributed by atoms with Crippen molar-refractivity contribution in [3.05, 3.63) is 71.3 Å². The third kappa shape index (κ3) is 4.91. The minimum absolute atomic E-state index is 0.0492. The molecular formula is C24H27FN6O3. The lowest BCUT2D eigenvalue weighted by molar-refractivity contribution is -0.144. The average Bonchev–Trinajstić information content (AvgIpc) is 3.34. The molecule has 0 unspecified atom stereocenters. The fourth-order valence-electron chi connectivity index (χ4n) is 4.26. The molecule has 0 saturated carbocycles. The van der Waals surface area contributed by atoms with Crippen LogP contribution in [0, 0.1) is 18.2 Å². The lowest BCUT2D eigenvalue weighted by atomic mass is 9.74. The first-order chi connectivity index (χ1) is 16.4. The summed E-state index contributed by atoms with van der Waals surface area (Å²) in [5.74, 6) is 0.175. The number of anilines is 2. The number of nitrogens with zero attached hydrogens (tertiary/aromatic N) is 3. The minimum atomic E-state index is -0.822. The molecule has 0 aliphatic carbocycles. The van der Waals surface area contributed by atoms with Crippen LogP contribution in [-0.2, 0) is 16.1 Å². The molecule has 4 rings (SSSR count). The summed E-state index contributed by atoms with van der Waals surface area (Å²) >= 11 is 0. The second kappa shape index (κ2) is 10.0. The summed E-state index contributed by atoms with van der Waals surface area (Å²) in [5, 5.41) is 9.86. The highest BCUT2D eigenvalue weighted by Gasteiger charge is 2.43. The number of piperidine rings is 1. The second-order valence-corrected chi connectivity index (χ2v) is 8.43. The zero-order valence-electron chi connectivity index (χ0n) is 19.1. The van der Waals surface area contributed by atoms with E-state index in [1.807, 2.05) is 18.2 Å². The number of aromatic nitrogens is 3. The molecule has 1 fully saturated rings. The lowest BCUT2D eigenvalue weighted by Gasteiger charge is -2.40. The van der Waals surface area contributed by atoms with Crippen molar-refractivity contribution in [1.82, 2.24) is 25.6 Å². The number of benzene rings is 1. The molecule has 1 aliphatic rings. The van der Waals surface area contributed by atoms with Crippen LogP contribution in [0.3, 0.4) is 0 Å². The van der Waals surface area contributed by atoms with Gasteiger partial charge in [0.25, 0.3) is 5.91 Å². The van der Waals surface area contributed by atoms with E-state index in [0.717, 1.165) is 5.69 Å². The van der Waals surface area contributed by atoms with Crippen molar-refractivity contribution in [1.29, 1.82) is 0 Å². The number of halogens is 1. The Kier molecular flexibility index (Phi) is 6.87. The number of carbonyl (C=O) groups excluding carboxylic acids is 2. The number of carbonyl (C=O) groups is 2. The Bertz CT molecular complexity index is 1160. The molecule has 3 N–H and O–H groups in total. The normalized spacial score (nSPS) is 15.1. The smallest absolute Gasteiger partial charge is 0.256 e. The van der Waals surface area contributed by atoms with Crippen LogP contribution in [0.25, 0.3) is 0 Å². The standard InChI is InChI=1S/C24H27FN6O3/c1-16-5-3-7-18(21(16)25)22(32)31-13-10-24(11-14-31,23(33)30-34-2)15-17-6-4-8-19(27-17)28-20-9-12-26-29-20/h3-9,12H,10-11,13-15H2,1-2H3,(H,30,33)(H2,26,27,28,29). The molecule has 0 spiro atoms. The summed E-state index contributed by atoms with van der Waals surface area (Å²) in [6.07, 6.45) is 2.78. The SMILES string of the molecule is CONC(=O)C1(Cc2cccc(Nc3ccn[nH]3)n2)CCN(C(=O)c2cccc(C)c2F)CC1. The Hall–Kier alpha value is -3.79. The molecule has 2 amide bonds. The Labute approximate surface area is 196 Å². The summed E-state index contributed by atoms with van der Waals surface area (Å²) < 4.78 is 14.5. The van der Waals surface area contributed by atoms with Crippen molar-refractivity contribution in [2.75, 3.05) is 25.5 Å². The van der Waals surface area contributed by atoms with Crippen molar-refractivity contribution >= 4 is 23.5 Å². The highest BCUT2D eigenvalue weighted by atomic mass is 19.1. The third-order valence-electron chi connectivity index (χ3n) is 6.20. The van der Waals surface area contributed by atoms with Gasteiger partial charge in [0.2, 0.25) is 5.91 Å². The van der Waals surface area contributed by atoms with E-state index in [9.17, 15) is 14.0 Å². The molecule has 2 aromatic heterocycles. The van der Waals surface area contributed by atoms with Gasteiger partial charge in [0.1, 0.15) is 17.5 Å². The number of aryl methyl sites for hydroxylation is 1. The van der Waals surface area contributed by atoms with Crippen LogP contribution >= 0.6 is 0 Å². The molecular weight excluding hydrogens is 439 g/mol. The highest BCUT2D eigenvalue weighted by molar-refractivity contribution is 5.95. The number of hydrogen-bond acceptors (Lipinski definition) is 6. The van der Waals surface area contributed by atoms with Gasteiger partial charge in [-0.1, -0.05) is 18.2 Å². The maximum absolute atomic E-state index is 14.5. The molecule has 178 valence electrons. The number of hydroxylamine groups is 1. The van der Waals surface area contributed by atoms with Crippen LogP contribution in [0.2, 0.25) is 0 Å². The van der Waals surface area contributed by atoms with Gasteiger partial charge in [-0.3, -0.25) is 19.5 Å². The van der Waals surface area contributed by atoms with Crippen LogP contribution in [0.1, 0.15) is 34.5 Å². The third-order valence-corrected chi connectivity index (χ3v) is 6.20. The number of likely N-dealkylation sites (tertiary alicyclic amines) is 1. The number of H-pyrrole nitrogens is 1. The molecule has 0 atom stereocenters.